The summed E-state index contributed by atoms with van der Waals surface area (Å²) in [5.41, 5.74) is 0.961. The van der Waals surface area contributed by atoms with E-state index in [1.807, 2.05) is 55.4 Å². The zero-order valence-corrected chi connectivity index (χ0v) is 14.0. The maximum absolute atomic E-state index is 11.8. The van der Waals surface area contributed by atoms with Gasteiger partial charge in [0.05, 0.1) is 13.5 Å². The van der Waals surface area contributed by atoms with Crippen molar-refractivity contribution in [3.8, 4) is 5.75 Å². The van der Waals surface area contributed by atoms with Crippen LogP contribution in [0.5, 0.6) is 5.75 Å². The van der Waals surface area contributed by atoms with Crippen molar-refractivity contribution in [2.45, 2.75) is 6.42 Å². The topological polar surface area (TPSA) is 38.8 Å². The number of nitrogens with zero attached hydrogens (tertiary/aromatic N) is 1. The lowest BCUT2D eigenvalue weighted by molar-refractivity contribution is -0.143. The molecule has 0 radical (unpaired) electrons. The molecule has 0 aliphatic carbocycles. The molecule has 0 N–H and O–H groups in total. The molecule has 4 nitrogen and oxygen atoms in total. The van der Waals surface area contributed by atoms with Crippen LogP contribution in [-0.2, 0) is 16.0 Å². The van der Waals surface area contributed by atoms with Gasteiger partial charge in [-0.15, -0.1) is 12.4 Å². The first-order valence-electron chi connectivity index (χ1n) is 6.95. The molecular weight excluding hydrogens is 302 g/mol. The Hall–Kier alpha value is -1.78. The third kappa shape index (κ3) is 5.20. The van der Waals surface area contributed by atoms with Crippen LogP contribution in [0.4, 0.5) is 0 Å². The molecule has 2 rings (SSSR count). The molecule has 120 valence electrons. The van der Waals surface area contributed by atoms with Crippen LogP contribution in [0.25, 0.3) is 10.8 Å². The Morgan fingerprint density at radius 1 is 1.09 bits per heavy atom. The highest BCUT2D eigenvalue weighted by atomic mass is 35.5. The Morgan fingerprint density at radius 3 is 2.45 bits per heavy atom. The summed E-state index contributed by atoms with van der Waals surface area (Å²) in [7, 11) is 5.55. The Kier molecular flexibility index (Phi) is 7.15. The van der Waals surface area contributed by atoms with Gasteiger partial charge in [0.15, 0.2) is 0 Å². The highest BCUT2D eigenvalue weighted by Gasteiger charge is 2.06. The van der Waals surface area contributed by atoms with Crippen LogP contribution in [-0.4, -0.2) is 45.2 Å². The van der Waals surface area contributed by atoms with E-state index >= 15 is 0 Å². The summed E-state index contributed by atoms with van der Waals surface area (Å²) in [5.74, 6) is 0.642. The molecule has 2 aromatic carbocycles. The number of hydrogen-bond donors (Lipinski definition) is 0. The van der Waals surface area contributed by atoms with Gasteiger partial charge in [-0.2, -0.15) is 0 Å². The Bertz CT molecular complexity index is 628. The fourth-order valence-electron chi connectivity index (χ4n) is 2.07. The van der Waals surface area contributed by atoms with Crippen LogP contribution in [0.1, 0.15) is 5.56 Å². The third-order valence-corrected chi connectivity index (χ3v) is 3.26. The number of halogens is 1. The number of carbonyl (C=O) groups is 1. The summed E-state index contributed by atoms with van der Waals surface area (Å²) < 4.78 is 10.4. The number of benzene rings is 2. The largest absolute Gasteiger partial charge is 0.497 e. The van der Waals surface area contributed by atoms with E-state index in [0.29, 0.717) is 13.0 Å². The minimum atomic E-state index is -0.190. The molecule has 5 heteroatoms. The van der Waals surface area contributed by atoms with Crippen molar-refractivity contribution < 1.29 is 14.3 Å². The molecule has 0 fully saturated rings. The molecule has 2 aromatic rings. The Balaban J connectivity index is 0.00000242. The lowest BCUT2D eigenvalue weighted by Gasteiger charge is -2.10. The van der Waals surface area contributed by atoms with Crippen LogP contribution in [0, 0.1) is 0 Å². The number of fused-ring (bicyclic) bond motifs is 1. The lowest BCUT2D eigenvalue weighted by Crippen LogP contribution is -2.20. The van der Waals surface area contributed by atoms with E-state index in [2.05, 4.69) is 0 Å². The van der Waals surface area contributed by atoms with Gasteiger partial charge in [0.2, 0.25) is 0 Å². The number of rotatable bonds is 6. The van der Waals surface area contributed by atoms with Crippen molar-refractivity contribution in [1.29, 1.82) is 0 Å². The molecule has 0 aromatic heterocycles. The number of hydrogen-bond acceptors (Lipinski definition) is 4. The second-order valence-electron chi connectivity index (χ2n) is 5.25. The molecule has 0 spiro atoms. The van der Waals surface area contributed by atoms with Crippen LogP contribution >= 0.6 is 12.4 Å². The number of likely N-dealkylation sites (N-methyl/N-ethyl adjacent to an activating group) is 1. The maximum Gasteiger partial charge on any atom is 0.310 e. The van der Waals surface area contributed by atoms with Gasteiger partial charge in [-0.05, 0) is 42.6 Å². The zero-order chi connectivity index (χ0) is 15.2. The standard InChI is InChI=1S/C17H21NO3.ClH/c1-18(2)8-9-21-17(19)11-13-4-5-15-12-16(20-3)7-6-14(15)10-13;/h4-7,10,12H,8-9,11H2,1-3H3;1H. The molecule has 0 aliphatic heterocycles. The zero-order valence-electron chi connectivity index (χ0n) is 13.2. The highest BCUT2D eigenvalue weighted by molar-refractivity contribution is 5.86. The van der Waals surface area contributed by atoms with Crippen molar-refractivity contribution in [1.82, 2.24) is 4.90 Å². The van der Waals surface area contributed by atoms with E-state index in [9.17, 15) is 4.79 Å². The Labute approximate surface area is 137 Å². The van der Waals surface area contributed by atoms with E-state index in [0.717, 1.165) is 28.6 Å². The van der Waals surface area contributed by atoms with Gasteiger partial charge in [-0.1, -0.05) is 24.3 Å². The lowest BCUT2D eigenvalue weighted by atomic mass is 10.0. The molecule has 0 unspecified atom stereocenters. The summed E-state index contributed by atoms with van der Waals surface area (Å²) in [4.78, 5) is 13.8. The van der Waals surface area contributed by atoms with Crippen molar-refractivity contribution >= 4 is 29.1 Å². The third-order valence-electron chi connectivity index (χ3n) is 3.26. The molecular formula is C17H22ClNO3. The molecule has 0 atom stereocenters. The van der Waals surface area contributed by atoms with Gasteiger partial charge >= 0.3 is 5.97 Å². The molecule has 0 aliphatic rings. The predicted octanol–water partition coefficient (Wildman–Crippen LogP) is 2.92. The van der Waals surface area contributed by atoms with Crippen LogP contribution in [0.3, 0.4) is 0 Å². The quantitative estimate of drug-likeness (QED) is 0.766. The average Bonchev–Trinajstić information content (AvgIpc) is 2.46. The second kappa shape index (κ2) is 8.61. The minimum Gasteiger partial charge on any atom is -0.497 e. The number of ether oxygens (including phenoxy) is 2. The van der Waals surface area contributed by atoms with E-state index in [4.69, 9.17) is 9.47 Å². The van der Waals surface area contributed by atoms with E-state index in [1.165, 1.54) is 0 Å². The number of methoxy groups -OCH3 is 1. The first kappa shape index (κ1) is 18.3. The molecule has 0 bridgehead atoms. The van der Waals surface area contributed by atoms with Gasteiger partial charge < -0.3 is 14.4 Å². The van der Waals surface area contributed by atoms with Gasteiger partial charge in [-0.25, -0.2) is 0 Å². The van der Waals surface area contributed by atoms with Crippen molar-refractivity contribution in [2.24, 2.45) is 0 Å². The molecule has 0 heterocycles. The molecule has 0 amide bonds. The van der Waals surface area contributed by atoms with E-state index < -0.39 is 0 Å². The highest BCUT2D eigenvalue weighted by Crippen LogP contribution is 2.22. The minimum absolute atomic E-state index is 0. The first-order chi connectivity index (χ1) is 10.1. The van der Waals surface area contributed by atoms with Gasteiger partial charge in [-0.3, -0.25) is 4.79 Å². The molecule has 0 saturated carbocycles. The van der Waals surface area contributed by atoms with Crippen LogP contribution in [0.15, 0.2) is 36.4 Å². The van der Waals surface area contributed by atoms with Crippen LogP contribution in [0.2, 0.25) is 0 Å². The smallest absolute Gasteiger partial charge is 0.310 e. The summed E-state index contributed by atoms with van der Waals surface area (Å²) in [6.07, 6.45) is 0.301. The maximum atomic E-state index is 11.8. The molecule has 22 heavy (non-hydrogen) atoms. The van der Waals surface area contributed by atoms with Gasteiger partial charge in [0.1, 0.15) is 12.4 Å². The fourth-order valence-corrected chi connectivity index (χ4v) is 2.07. The van der Waals surface area contributed by atoms with Crippen molar-refractivity contribution in [2.75, 3.05) is 34.4 Å². The van der Waals surface area contributed by atoms with E-state index in [1.54, 1.807) is 7.11 Å². The van der Waals surface area contributed by atoms with E-state index in [-0.39, 0.29) is 18.4 Å². The Morgan fingerprint density at radius 2 is 1.77 bits per heavy atom. The second-order valence-corrected chi connectivity index (χ2v) is 5.25. The van der Waals surface area contributed by atoms with Crippen molar-refractivity contribution in [3.05, 3.63) is 42.0 Å². The first-order valence-corrected chi connectivity index (χ1v) is 6.95. The summed E-state index contributed by atoms with van der Waals surface area (Å²) in [6.45, 7) is 1.17. The number of carbonyl (C=O) groups excluding carboxylic acids is 1. The SMILES string of the molecule is COc1ccc2cc(CC(=O)OCCN(C)C)ccc2c1.Cl. The fraction of sp³-hybridized carbons (Fsp3) is 0.353. The summed E-state index contributed by atoms with van der Waals surface area (Å²) in [6, 6.07) is 11.9. The average molecular weight is 324 g/mol. The monoisotopic (exact) mass is 323 g/mol. The van der Waals surface area contributed by atoms with Gasteiger partial charge in [0, 0.05) is 6.54 Å². The van der Waals surface area contributed by atoms with Gasteiger partial charge in [0.25, 0.3) is 0 Å². The predicted molar refractivity (Wildman–Crippen MR) is 91.0 cm³/mol. The van der Waals surface area contributed by atoms with Crippen molar-refractivity contribution in [3.63, 3.8) is 0 Å². The number of esters is 1. The molecule has 0 saturated heterocycles. The van der Waals surface area contributed by atoms with Crippen LogP contribution < -0.4 is 4.74 Å². The summed E-state index contributed by atoms with van der Waals surface area (Å²) >= 11 is 0. The summed E-state index contributed by atoms with van der Waals surface area (Å²) in [5, 5.41) is 2.19. The normalized spacial score (nSPS) is 10.4.